The van der Waals surface area contributed by atoms with E-state index < -0.39 is 54.3 Å². The molecule has 0 aliphatic carbocycles. The zero-order valence-electron chi connectivity index (χ0n) is 24.2. The van der Waals surface area contributed by atoms with Gasteiger partial charge in [0, 0.05) is 31.8 Å². The van der Waals surface area contributed by atoms with Gasteiger partial charge in [-0.2, -0.15) is 11.8 Å². The maximum Gasteiger partial charge on any atom is 0.311 e. The van der Waals surface area contributed by atoms with Gasteiger partial charge in [0.25, 0.3) is 0 Å². The van der Waals surface area contributed by atoms with Crippen molar-refractivity contribution in [3.05, 3.63) is 0 Å². The number of ketones is 1. The average Bonchev–Trinajstić information content (AvgIpc) is 2.88. The van der Waals surface area contributed by atoms with Crippen molar-refractivity contribution in [2.24, 2.45) is 5.92 Å². The molecule has 0 heterocycles. The molecule has 0 aromatic carbocycles. The summed E-state index contributed by atoms with van der Waals surface area (Å²) in [5.41, 5.74) is 0. The maximum atomic E-state index is 12.6. The highest BCUT2D eigenvalue weighted by atomic mass is 32.2. The van der Waals surface area contributed by atoms with Crippen LogP contribution in [0.3, 0.4) is 0 Å². The fraction of sp³-hybridized carbons (Fsp3) is 0.904. The molecule has 418 valence electrons. The fourth-order valence-electron chi connectivity index (χ4n) is 4.02. The predicted molar refractivity (Wildman–Crippen MR) is 312 cm³/mol. The summed E-state index contributed by atoms with van der Waals surface area (Å²) >= 11 is 1.30. The van der Waals surface area contributed by atoms with E-state index in [0.29, 0.717) is 12.2 Å². The van der Waals surface area contributed by atoms with E-state index >= 15 is 0 Å². The van der Waals surface area contributed by atoms with Crippen molar-refractivity contribution in [3.8, 4) is 0 Å². The minimum atomic E-state index is -0.995. The van der Waals surface area contributed by atoms with Crippen LogP contribution in [0.1, 0.15) is 276 Å². The summed E-state index contributed by atoms with van der Waals surface area (Å²) in [6.07, 6.45) is 10.4. The maximum absolute atomic E-state index is 12.6. The van der Waals surface area contributed by atoms with Crippen LogP contribution < -0.4 is 5.32 Å². The number of carbonyl (C=O) groups is 5. The highest BCUT2D eigenvalue weighted by Gasteiger charge is 2.27. The molecule has 63 heavy (non-hydrogen) atoms. The SMILES string of the molecule is C.C.C.C.C.C.C.C.C.C.C.C.C.C.C.C.C.C.C.C.C.C.C.C.CCCCCCCCCCC[C@@H](CC(=O)OCCSC[C@H](NC(C)=O)C(=O)C[C@@H](CO)C(=O)OC)OC(C)=O. The Hall–Kier alpha value is -2.14. The summed E-state index contributed by atoms with van der Waals surface area (Å²) in [6, 6.07) is -0.855. The van der Waals surface area contributed by atoms with Crippen LogP contribution in [0.25, 0.3) is 0 Å². The minimum Gasteiger partial charge on any atom is -0.469 e. The first-order valence-electron chi connectivity index (χ1n) is 14.0. The van der Waals surface area contributed by atoms with Crippen molar-refractivity contribution in [2.75, 3.05) is 31.8 Å². The lowest BCUT2D eigenvalue weighted by atomic mass is 10.00. The highest BCUT2D eigenvalue weighted by Crippen LogP contribution is 2.16. The number of unbranched alkanes of at least 4 members (excludes halogenated alkanes) is 8. The van der Waals surface area contributed by atoms with Crippen LogP contribution in [0.15, 0.2) is 0 Å². The van der Waals surface area contributed by atoms with Gasteiger partial charge in [0.1, 0.15) is 12.7 Å². The Balaban J connectivity index is -0.0000000262. The monoisotopic (exact) mass is 960 g/mol. The zero-order chi connectivity index (χ0) is 29.5. The molecule has 0 aromatic rings. The molecule has 0 fully saturated rings. The van der Waals surface area contributed by atoms with E-state index in [4.69, 9.17) is 9.47 Å². The molecule has 11 heteroatoms. The molecule has 0 saturated carbocycles. The van der Waals surface area contributed by atoms with Gasteiger partial charge in [0.2, 0.25) is 5.91 Å². The molecule has 0 aliphatic heterocycles. The first kappa shape index (κ1) is 170. The summed E-state index contributed by atoms with van der Waals surface area (Å²) in [5.74, 6) is -2.79. The lowest BCUT2D eigenvalue weighted by Gasteiger charge is -2.19. The van der Waals surface area contributed by atoms with E-state index in [-0.39, 0.29) is 203 Å². The summed E-state index contributed by atoms with van der Waals surface area (Å²) < 4.78 is 15.2. The Labute approximate surface area is 414 Å². The summed E-state index contributed by atoms with van der Waals surface area (Å²) in [5, 5.41) is 11.9. The number of thioether (sulfide) groups is 1. The standard InChI is InChI=1S/C28H49NO9S.24CH4/c1-5-6-7-8-9-10-11-12-13-14-24(38-22(3)32)18-27(34)37-15-16-39-20-25(29-21(2)31)26(33)17-23(19-30)28(35)36-4;;;;;;;;;;;;;;;;;;;;;;;;/h23-25,30H,5-20H2,1-4H3,(H,29,31);24*1H4/t23-,24-,25-;;;;;;;;;;;;;;;;;;;;;;;;/m0......................../s1. The van der Waals surface area contributed by atoms with Crippen molar-refractivity contribution in [3.63, 3.8) is 0 Å². The number of Topliss-reactive ketones (excluding diaryl/α,β-unsaturated/α-hetero) is 1. The number of hydrogen-bond donors (Lipinski definition) is 2. The van der Waals surface area contributed by atoms with Gasteiger partial charge in [-0.05, 0) is 12.8 Å². The average molecular weight is 961 g/mol. The molecule has 0 saturated heterocycles. The van der Waals surface area contributed by atoms with Gasteiger partial charge in [0.15, 0.2) is 5.78 Å². The van der Waals surface area contributed by atoms with Gasteiger partial charge >= 0.3 is 17.9 Å². The van der Waals surface area contributed by atoms with Crippen molar-refractivity contribution in [2.45, 2.75) is 288 Å². The molecule has 0 spiro atoms. The van der Waals surface area contributed by atoms with E-state index in [1.54, 1.807) is 0 Å². The number of aliphatic hydroxyl groups excluding tert-OH is 1. The van der Waals surface area contributed by atoms with Gasteiger partial charge < -0.3 is 24.6 Å². The number of methoxy groups -OCH3 is 1. The molecule has 1 amide bonds. The summed E-state index contributed by atoms with van der Waals surface area (Å²) in [4.78, 5) is 59.5. The molecule has 2 N–H and O–H groups in total. The van der Waals surface area contributed by atoms with Crippen LogP contribution in [0.4, 0.5) is 0 Å². The molecule has 0 unspecified atom stereocenters. The highest BCUT2D eigenvalue weighted by molar-refractivity contribution is 7.99. The molecule has 0 aromatic heterocycles. The number of nitrogens with one attached hydrogen (secondary N) is 1. The van der Waals surface area contributed by atoms with Crippen LogP contribution in [-0.4, -0.2) is 78.7 Å². The number of ether oxygens (including phenoxy) is 3. The molecule has 0 aliphatic rings. The molecule has 0 rings (SSSR count). The first-order chi connectivity index (χ1) is 18.6. The van der Waals surface area contributed by atoms with Gasteiger partial charge in [-0.15, -0.1) is 0 Å². The van der Waals surface area contributed by atoms with E-state index in [9.17, 15) is 29.1 Å². The Bertz CT molecular complexity index is 740. The van der Waals surface area contributed by atoms with Crippen molar-refractivity contribution in [1.29, 1.82) is 0 Å². The van der Waals surface area contributed by atoms with Gasteiger partial charge in [-0.25, -0.2) is 0 Å². The van der Waals surface area contributed by atoms with Crippen LogP contribution >= 0.6 is 11.8 Å². The first-order valence-corrected chi connectivity index (χ1v) is 15.2. The molecular weight excluding hydrogens is 815 g/mol. The third-order valence-electron chi connectivity index (χ3n) is 6.10. The Morgan fingerprint density at radius 2 is 0.952 bits per heavy atom. The second-order valence-corrected chi connectivity index (χ2v) is 10.8. The Morgan fingerprint density at radius 3 is 1.29 bits per heavy atom. The quantitative estimate of drug-likeness (QED) is 0.0545. The van der Waals surface area contributed by atoms with Crippen molar-refractivity contribution in [1.82, 2.24) is 5.32 Å². The molecule has 0 bridgehead atoms. The number of amides is 1. The smallest absolute Gasteiger partial charge is 0.311 e. The lowest BCUT2D eigenvalue weighted by Crippen LogP contribution is -2.43. The fourth-order valence-corrected chi connectivity index (χ4v) is 4.89. The number of esters is 3. The third kappa shape index (κ3) is 99.6. The van der Waals surface area contributed by atoms with Crippen LogP contribution in [0, 0.1) is 5.92 Å². The summed E-state index contributed by atoms with van der Waals surface area (Å²) in [6.45, 7) is 4.37. The normalized spacial score (nSPS) is 8.14. The molecule has 0 radical (unpaired) electrons. The molecule has 10 nitrogen and oxygen atoms in total. The largest absolute Gasteiger partial charge is 0.469 e. The number of rotatable bonds is 24. The second kappa shape index (κ2) is 113. The van der Waals surface area contributed by atoms with Crippen molar-refractivity contribution < 1.29 is 43.3 Å². The van der Waals surface area contributed by atoms with Crippen LogP contribution in [0.2, 0.25) is 0 Å². The topological polar surface area (TPSA) is 145 Å². The van der Waals surface area contributed by atoms with E-state index in [2.05, 4.69) is 17.0 Å². The minimum absolute atomic E-state index is 0. The molecular formula is C52H145NO9S. The molecule has 3 atom stereocenters. The van der Waals surface area contributed by atoms with Gasteiger partial charge in [-0.3, -0.25) is 24.0 Å². The van der Waals surface area contributed by atoms with E-state index in [1.165, 1.54) is 71.2 Å². The number of hydrogen-bond acceptors (Lipinski definition) is 10. The van der Waals surface area contributed by atoms with Crippen LogP contribution in [-0.2, 0) is 38.2 Å². The second-order valence-electron chi connectivity index (χ2n) is 9.67. The van der Waals surface area contributed by atoms with Gasteiger partial charge in [0.05, 0.1) is 32.1 Å². The summed E-state index contributed by atoms with van der Waals surface area (Å²) in [7, 11) is 1.17. The number of carbonyl (C=O) groups excluding carboxylic acids is 5. The van der Waals surface area contributed by atoms with Crippen molar-refractivity contribution >= 4 is 41.4 Å². The predicted octanol–water partition coefficient (Wildman–Crippen LogP) is 19.0. The van der Waals surface area contributed by atoms with Crippen LogP contribution in [0.5, 0.6) is 0 Å². The number of aliphatic hydroxyl groups is 1. The van der Waals surface area contributed by atoms with Gasteiger partial charge in [-0.1, -0.05) is 237 Å². The van der Waals surface area contributed by atoms with E-state index in [0.717, 1.165) is 19.3 Å². The zero-order valence-corrected chi connectivity index (χ0v) is 25.0. The lowest BCUT2D eigenvalue weighted by molar-refractivity contribution is -0.153. The Kier molecular flexibility index (Phi) is 304. The Morgan fingerprint density at radius 1 is 0.571 bits per heavy atom. The third-order valence-corrected chi connectivity index (χ3v) is 7.12. The van der Waals surface area contributed by atoms with E-state index in [1.807, 2.05) is 0 Å².